The second-order valence-electron chi connectivity index (χ2n) is 8.24. The van der Waals surface area contributed by atoms with Crippen LogP contribution in [0.25, 0.3) is 11.0 Å². The van der Waals surface area contributed by atoms with Crippen LogP contribution in [0.1, 0.15) is 61.2 Å². The number of anilines is 1. The summed E-state index contributed by atoms with van der Waals surface area (Å²) in [6.45, 7) is 8.72. The number of sulfonamides is 1. The lowest BCUT2D eigenvalue weighted by Gasteiger charge is -2.22. The number of fused-ring (bicyclic) bond motifs is 1. The maximum Gasteiger partial charge on any atom is 0.291 e. The minimum atomic E-state index is -3.65. The average molecular weight is 491 g/mol. The first-order valence-corrected chi connectivity index (χ1v) is 13.1. The molecule has 1 aromatic heterocycles. The zero-order valence-electron chi connectivity index (χ0n) is 19.6. The van der Waals surface area contributed by atoms with Crippen molar-refractivity contribution in [2.24, 2.45) is 0 Å². The van der Waals surface area contributed by atoms with Gasteiger partial charge in [-0.1, -0.05) is 44.4 Å². The van der Waals surface area contributed by atoms with Crippen LogP contribution >= 0.6 is 11.6 Å². The fraction of sp³-hybridized carbons (Fsp3) is 0.400. The molecular formula is C25H31ClN2O4S. The molecule has 2 aromatic carbocycles. The van der Waals surface area contributed by atoms with Gasteiger partial charge in [0, 0.05) is 34.7 Å². The highest BCUT2D eigenvalue weighted by Crippen LogP contribution is 2.30. The highest BCUT2D eigenvalue weighted by Gasteiger charge is 2.26. The van der Waals surface area contributed by atoms with Gasteiger partial charge < -0.3 is 9.73 Å². The van der Waals surface area contributed by atoms with Crippen molar-refractivity contribution in [2.75, 3.05) is 18.4 Å². The maximum atomic E-state index is 13.3. The van der Waals surface area contributed by atoms with Gasteiger partial charge in [0.15, 0.2) is 5.76 Å². The first-order valence-electron chi connectivity index (χ1n) is 11.3. The molecule has 3 rings (SSSR count). The van der Waals surface area contributed by atoms with E-state index in [9.17, 15) is 13.2 Å². The van der Waals surface area contributed by atoms with Crippen molar-refractivity contribution in [1.29, 1.82) is 0 Å². The van der Waals surface area contributed by atoms with E-state index >= 15 is 0 Å². The second kappa shape index (κ2) is 10.7. The Morgan fingerprint density at radius 3 is 2.30 bits per heavy atom. The molecule has 1 N–H and O–H groups in total. The van der Waals surface area contributed by atoms with E-state index in [4.69, 9.17) is 16.0 Å². The molecule has 3 aromatic rings. The Morgan fingerprint density at radius 2 is 1.70 bits per heavy atom. The maximum absolute atomic E-state index is 13.3. The van der Waals surface area contributed by atoms with Crippen molar-refractivity contribution in [1.82, 2.24) is 4.31 Å². The molecular weight excluding hydrogens is 460 g/mol. The summed E-state index contributed by atoms with van der Waals surface area (Å²) in [5.41, 5.74) is 2.52. The molecule has 0 aliphatic rings. The van der Waals surface area contributed by atoms with E-state index in [2.05, 4.69) is 5.32 Å². The SMILES string of the molecule is CCCCN(CCCC)S(=O)(=O)c1ccc2oc(C(=O)Nc3ccc(C)c(Cl)c3)c(C)c2c1. The molecule has 178 valence electrons. The third-order valence-electron chi connectivity index (χ3n) is 5.70. The van der Waals surface area contributed by atoms with E-state index in [-0.39, 0.29) is 10.7 Å². The summed E-state index contributed by atoms with van der Waals surface area (Å²) in [5, 5.41) is 3.95. The van der Waals surface area contributed by atoms with Crippen LogP contribution in [0.3, 0.4) is 0 Å². The minimum Gasteiger partial charge on any atom is -0.451 e. The minimum absolute atomic E-state index is 0.144. The molecule has 8 heteroatoms. The number of unbranched alkanes of at least 4 members (excludes halogenated alkanes) is 2. The van der Waals surface area contributed by atoms with Crippen LogP contribution in [0.2, 0.25) is 5.02 Å². The first kappa shape index (κ1) is 25.3. The summed E-state index contributed by atoms with van der Waals surface area (Å²) in [4.78, 5) is 13.1. The Balaban J connectivity index is 1.92. The summed E-state index contributed by atoms with van der Waals surface area (Å²) in [6.07, 6.45) is 3.46. The number of hydrogen-bond donors (Lipinski definition) is 1. The normalized spacial score (nSPS) is 11.9. The number of aryl methyl sites for hydroxylation is 2. The Hall–Kier alpha value is -2.35. The second-order valence-corrected chi connectivity index (χ2v) is 10.6. The highest BCUT2D eigenvalue weighted by atomic mass is 35.5. The van der Waals surface area contributed by atoms with Gasteiger partial charge in [0.05, 0.1) is 4.90 Å². The van der Waals surface area contributed by atoms with E-state index in [1.165, 1.54) is 0 Å². The number of furan rings is 1. The van der Waals surface area contributed by atoms with Crippen LogP contribution < -0.4 is 5.32 Å². The van der Waals surface area contributed by atoms with Gasteiger partial charge >= 0.3 is 0 Å². The number of rotatable bonds is 10. The van der Waals surface area contributed by atoms with Gasteiger partial charge in [-0.15, -0.1) is 0 Å². The van der Waals surface area contributed by atoms with Crippen LogP contribution in [0.15, 0.2) is 45.7 Å². The van der Waals surface area contributed by atoms with E-state index in [1.54, 1.807) is 41.6 Å². The van der Waals surface area contributed by atoms with E-state index < -0.39 is 15.9 Å². The number of nitrogens with zero attached hydrogens (tertiary/aromatic N) is 1. The van der Waals surface area contributed by atoms with Gasteiger partial charge in [0.1, 0.15) is 5.58 Å². The van der Waals surface area contributed by atoms with E-state index in [1.807, 2.05) is 26.8 Å². The molecule has 6 nitrogen and oxygen atoms in total. The van der Waals surface area contributed by atoms with Gasteiger partial charge in [0.2, 0.25) is 10.0 Å². The summed E-state index contributed by atoms with van der Waals surface area (Å²) < 4.78 is 34.0. The molecule has 0 aliphatic heterocycles. The Labute approximate surface area is 201 Å². The molecule has 0 radical (unpaired) electrons. The zero-order valence-corrected chi connectivity index (χ0v) is 21.1. The molecule has 0 fully saturated rings. The van der Waals surface area contributed by atoms with Gasteiger partial charge in [-0.3, -0.25) is 4.79 Å². The Bertz CT molecular complexity index is 1240. The third kappa shape index (κ3) is 5.60. The number of nitrogens with one attached hydrogen (secondary N) is 1. The third-order valence-corrected chi connectivity index (χ3v) is 8.01. The summed E-state index contributed by atoms with van der Waals surface area (Å²) in [5.74, 6) is -0.273. The van der Waals surface area contributed by atoms with Crippen LogP contribution in [-0.4, -0.2) is 31.7 Å². The molecule has 0 saturated carbocycles. The summed E-state index contributed by atoms with van der Waals surface area (Å²) in [6, 6.07) is 10.0. The fourth-order valence-electron chi connectivity index (χ4n) is 3.61. The summed E-state index contributed by atoms with van der Waals surface area (Å²) in [7, 11) is -3.65. The molecule has 0 atom stereocenters. The molecule has 1 heterocycles. The molecule has 1 amide bonds. The molecule has 33 heavy (non-hydrogen) atoms. The van der Waals surface area contributed by atoms with E-state index in [0.717, 1.165) is 31.2 Å². The number of amides is 1. The zero-order chi connectivity index (χ0) is 24.2. The average Bonchev–Trinajstić information content (AvgIpc) is 3.12. The number of carbonyl (C=O) groups excluding carboxylic acids is 1. The van der Waals surface area contributed by atoms with Gasteiger partial charge in [-0.2, -0.15) is 4.31 Å². The van der Waals surface area contributed by atoms with Crippen LogP contribution in [0.4, 0.5) is 5.69 Å². The van der Waals surface area contributed by atoms with E-state index in [0.29, 0.717) is 40.3 Å². The lowest BCUT2D eigenvalue weighted by Crippen LogP contribution is -2.33. The topological polar surface area (TPSA) is 79.6 Å². The lowest BCUT2D eigenvalue weighted by molar-refractivity contribution is 0.0998. The van der Waals surface area contributed by atoms with Crippen LogP contribution in [-0.2, 0) is 10.0 Å². The molecule has 0 spiro atoms. The van der Waals surface area contributed by atoms with Gasteiger partial charge in [-0.05, 0) is 62.6 Å². The largest absolute Gasteiger partial charge is 0.451 e. The molecule has 0 unspecified atom stereocenters. The number of halogens is 1. The number of carbonyl (C=O) groups is 1. The Kier molecular flexibility index (Phi) is 8.21. The predicted molar refractivity (Wildman–Crippen MR) is 134 cm³/mol. The predicted octanol–water partition coefficient (Wildman–Crippen LogP) is 6.55. The van der Waals surface area contributed by atoms with Crippen molar-refractivity contribution in [2.45, 2.75) is 58.3 Å². The molecule has 0 saturated heterocycles. The fourth-order valence-corrected chi connectivity index (χ4v) is 5.33. The van der Waals surface area contributed by atoms with Gasteiger partial charge in [0.25, 0.3) is 5.91 Å². The molecule has 0 bridgehead atoms. The monoisotopic (exact) mass is 490 g/mol. The van der Waals surface area contributed by atoms with Crippen molar-refractivity contribution >= 4 is 44.2 Å². The van der Waals surface area contributed by atoms with Gasteiger partial charge in [-0.25, -0.2) is 8.42 Å². The quantitative estimate of drug-likeness (QED) is 0.349. The van der Waals surface area contributed by atoms with Crippen molar-refractivity contribution in [3.63, 3.8) is 0 Å². The number of hydrogen-bond acceptors (Lipinski definition) is 4. The highest BCUT2D eigenvalue weighted by molar-refractivity contribution is 7.89. The number of benzene rings is 2. The van der Waals surface area contributed by atoms with Crippen LogP contribution in [0, 0.1) is 13.8 Å². The summed E-state index contributed by atoms with van der Waals surface area (Å²) >= 11 is 6.15. The first-order chi connectivity index (χ1) is 15.7. The van der Waals surface area contributed by atoms with Crippen molar-refractivity contribution in [3.8, 4) is 0 Å². The smallest absolute Gasteiger partial charge is 0.291 e. The van der Waals surface area contributed by atoms with Crippen molar-refractivity contribution in [3.05, 3.63) is 58.3 Å². The standard InChI is InChI=1S/C25H31ClN2O4S/c1-5-7-13-28(14-8-6-2)33(30,31)20-11-12-23-21(16-20)18(4)24(32-23)25(29)27-19-10-9-17(3)22(26)15-19/h9-12,15-16H,5-8,13-14H2,1-4H3,(H,27,29). The van der Waals surface area contributed by atoms with Crippen molar-refractivity contribution < 1.29 is 17.6 Å². The Morgan fingerprint density at radius 1 is 1.03 bits per heavy atom. The molecule has 0 aliphatic carbocycles. The van der Waals surface area contributed by atoms with Crippen LogP contribution in [0.5, 0.6) is 0 Å². The lowest BCUT2D eigenvalue weighted by atomic mass is 10.1.